The quantitative estimate of drug-likeness (QED) is 0.934. The van der Waals surface area contributed by atoms with E-state index >= 15 is 0 Å². The van der Waals surface area contributed by atoms with Crippen LogP contribution in [-0.2, 0) is 13.1 Å². The van der Waals surface area contributed by atoms with E-state index in [2.05, 4.69) is 29.2 Å². The van der Waals surface area contributed by atoms with E-state index < -0.39 is 0 Å². The van der Waals surface area contributed by atoms with Gasteiger partial charge in [-0.25, -0.2) is 9.67 Å². The van der Waals surface area contributed by atoms with Crippen molar-refractivity contribution in [2.24, 2.45) is 0 Å². The molecule has 1 N–H and O–H groups in total. The molecule has 0 radical (unpaired) electrons. The maximum Gasteiger partial charge on any atom is 0.254 e. The summed E-state index contributed by atoms with van der Waals surface area (Å²) in [6, 6.07) is 6.06. The number of amides is 1. The fourth-order valence-electron chi connectivity index (χ4n) is 2.64. The molecule has 0 atom stereocenters. The van der Waals surface area contributed by atoms with Gasteiger partial charge in [0, 0.05) is 36.4 Å². The minimum atomic E-state index is 0.0824. The minimum Gasteiger partial charge on any atom is -0.377 e. The number of carbonyl (C=O) groups is 1. The molecule has 1 amide bonds. The molecular weight excluding hydrogens is 266 g/mol. The third-order valence-corrected chi connectivity index (χ3v) is 3.72. The first-order valence-electron chi connectivity index (χ1n) is 7.07. The van der Waals surface area contributed by atoms with Gasteiger partial charge in [-0.1, -0.05) is 6.07 Å². The maximum absolute atomic E-state index is 12.0. The predicted molar refractivity (Wildman–Crippen MR) is 80.0 cm³/mol. The summed E-state index contributed by atoms with van der Waals surface area (Å²) in [5.41, 5.74) is 2.83. The maximum atomic E-state index is 12.0. The highest BCUT2D eigenvalue weighted by atomic mass is 16.2. The van der Waals surface area contributed by atoms with Crippen LogP contribution in [0.25, 0.3) is 0 Å². The molecule has 0 saturated carbocycles. The van der Waals surface area contributed by atoms with Crippen molar-refractivity contribution in [3.63, 3.8) is 0 Å². The van der Waals surface area contributed by atoms with Crippen molar-refractivity contribution in [2.45, 2.75) is 33.0 Å². The Morgan fingerprint density at radius 2 is 2.19 bits per heavy atom. The van der Waals surface area contributed by atoms with Crippen LogP contribution in [0.1, 0.15) is 41.6 Å². The lowest BCUT2D eigenvalue weighted by atomic mass is 10.1. The van der Waals surface area contributed by atoms with Crippen LogP contribution < -0.4 is 5.32 Å². The normalized spacial score (nSPS) is 13.9. The van der Waals surface area contributed by atoms with Crippen molar-refractivity contribution < 1.29 is 4.79 Å². The molecule has 0 bridgehead atoms. The lowest BCUT2D eigenvalue weighted by Crippen LogP contribution is -2.17. The Kier molecular flexibility index (Phi) is 3.37. The first-order valence-corrected chi connectivity index (χ1v) is 7.07. The summed E-state index contributed by atoms with van der Waals surface area (Å²) in [6.07, 6.45) is 1.57. The third kappa shape index (κ3) is 2.37. The van der Waals surface area contributed by atoms with Crippen LogP contribution >= 0.6 is 0 Å². The van der Waals surface area contributed by atoms with Gasteiger partial charge in [0.2, 0.25) is 0 Å². The second-order valence-corrected chi connectivity index (χ2v) is 5.56. The van der Waals surface area contributed by atoms with E-state index in [1.807, 2.05) is 29.9 Å². The standard InChI is InChI=1S/C15H19N5O/c1-10(2)20-14(17-9-18-20)7-16-13-6-4-5-11-12(13)8-19(3)15(11)21/h4-6,9-10,16H,7-8H2,1-3H3. The molecule has 1 aromatic heterocycles. The second-order valence-electron chi connectivity index (χ2n) is 5.56. The second kappa shape index (κ2) is 5.20. The Morgan fingerprint density at radius 3 is 2.95 bits per heavy atom. The number of fused-ring (bicyclic) bond motifs is 1. The van der Waals surface area contributed by atoms with Gasteiger partial charge in [0.05, 0.1) is 6.54 Å². The molecule has 0 fully saturated rings. The molecule has 1 aliphatic heterocycles. The molecule has 21 heavy (non-hydrogen) atoms. The number of aromatic nitrogens is 3. The summed E-state index contributed by atoms with van der Waals surface area (Å²) < 4.78 is 1.90. The van der Waals surface area contributed by atoms with Crippen LogP contribution in [0, 0.1) is 0 Å². The summed E-state index contributed by atoms with van der Waals surface area (Å²) >= 11 is 0. The third-order valence-electron chi connectivity index (χ3n) is 3.72. The Morgan fingerprint density at radius 1 is 1.38 bits per heavy atom. The van der Waals surface area contributed by atoms with Gasteiger partial charge in [0.15, 0.2) is 0 Å². The molecule has 3 rings (SSSR count). The molecule has 2 aromatic rings. The van der Waals surface area contributed by atoms with E-state index in [1.54, 1.807) is 11.2 Å². The number of hydrogen-bond donors (Lipinski definition) is 1. The van der Waals surface area contributed by atoms with Gasteiger partial charge in [0.1, 0.15) is 12.2 Å². The van der Waals surface area contributed by atoms with E-state index in [1.165, 1.54) is 0 Å². The molecule has 110 valence electrons. The summed E-state index contributed by atoms with van der Waals surface area (Å²) in [7, 11) is 1.82. The van der Waals surface area contributed by atoms with E-state index in [4.69, 9.17) is 0 Å². The molecule has 0 unspecified atom stereocenters. The Balaban J connectivity index is 1.81. The highest BCUT2D eigenvalue weighted by Crippen LogP contribution is 2.28. The van der Waals surface area contributed by atoms with Gasteiger partial charge in [-0.3, -0.25) is 4.79 Å². The largest absolute Gasteiger partial charge is 0.377 e. The molecule has 1 aliphatic rings. The number of nitrogens with zero attached hydrogens (tertiary/aromatic N) is 4. The molecular formula is C15H19N5O. The predicted octanol–water partition coefficient (Wildman–Crippen LogP) is 2.06. The highest BCUT2D eigenvalue weighted by Gasteiger charge is 2.26. The number of benzene rings is 1. The molecule has 0 saturated heterocycles. The van der Waals surface area contributed by atoms with Gasteiger partial charge in [0.25, 0.3) is 5.91 Å². The van der Waals surface area contributed by atoms with Crippen molar-refractivity contribution >= 4 is 11.6 Å². The lowest BCUT2D eigenvalue weighted by Gasteiger charge is -2.13. The van der Waals surface area contributed by atoms with Crippen molar-refractivity contribution in [2.75, 3.05) is 12.4 Å². The van der Waals surface area contributed by atoms with Gasteiger partial charge in [-0.2, -0.15) is 5.10 Å². The van der Waals surface area contributed by atoms with Crippen molar-refractivity contribution in [1.29, 1.82) is 0 Å². The minimum absolute atomic E-state index is 0.0824. The fourth-order valence-corrected chi connectivity index (χ4v) is 2.64. The van der Waals surface area contributed by atoms with Gasteiger partial charge in [-0.15, -0.1) is 0 Å². The number of carbonyl (C=O) groups excluding carboxylic acids is 1. The monoisotopic (exact) mass is 285 g/mol. The fraction of sp³-hybridized carbons (Fsp3) is 0.400. The topological polar surface area (TPSA) is 63.1 Å². The van der Waals surface area contributed by atoms with Gasteiger partial charge < -0.3 is 10.2 Å². The zero-order valence-corrected chi connectivity index (χ0v) is 12.5. The molecule has 6 heteroatoms. The van der Waals surface area contributed by atoms with Crippen LogP contribution in [0.3, 0.4) is 0 Å². The number of nitrogens with one attached hydrogen (secondary N) is 1. The summed E-state index contributed by atoms with van der Waals surface area (Å²) in [5.74, 6) is 0.972. The zero-order valence-electron chi connectivity index (χ0n) is 12.5. The van der Waals surface area contributed by atoms with Crippen LogP contribution in [0.4, 0.5) is 5.69 Å². The van der Waals surface area contributed by atoms with E-state index in [0.29, 0.717) is 13.1 Å². The van der Waals surface area contributed by atoms with E-state index in [9.17, 15) is 4.79 Å². The van der Waals surface area contributed by atoms with E-state index in [0.717, 1.165) is 22.6 Å². The smallest absolute Gasteiger partial charge is 0.254 e. The number of anilines is 1. The Labute approximate surface area is 123 Å². The molecule has 0 spiro atoms. The van der Waals surface area contributed by atoms with E-state index in [-0.39, 0.29) is 11.9 Å². The first kappa shape index (κ1) is 13.6. The molecule has 6 nitrogen and oxygen atoms in total. The molecule has 2 heterocycles. The Bertz CT molecular complexity index is 676. The lowest BCUT2D eigenvalue weighted by molar-refractivity contribution is 0.0816. The number of hydrogen-bond acceptors (Lipinski definition) is 4. The number of rotatable bonds is 4. The van der Waals surface area contributed by atoms with Crippen LogP contribution in [0.15, 0.2) is 24.5 Å². The van der Waals surface area contributed by atoms with Crippen molar-refractivity contribution in [3.05, 3.63) is 41.5 Å². The van der Waals surface area contributed by atoms with Gasteiger partial charge >= 0.3 is 0 Å². The van der Waals surface area contributed by atoms with Crippen LogP contribution in [0.5, 0.6) is 0 Å². The van der Waals surface area contributed by atoms with Crippen LogP contribution in [-0.4, -0.2) is 32.6 Å². The summed E-state index contributed by atoms with van der Waals surface area (Å²) in [6.45, 7) is 5.39. The van der Waals surface area contributed by atoms with Crippen molar-refractivity contribution in [1.82, 2.24) is 19.7 Å². The van der Waals surface area contributed by atoms with Crippen LogP contribution in [0.2, 0.25) is 0 Å². The van der Waals surface area contributed by atoms with Gasteiger partial charge in [-0.05, 0) is 26.0 Å². The molecule has 1 aromatic carbocycles. The highest BCUT2D eigenvalue weighted by molar-refractivity contribution is 5.99. The SMILES string of the molecule is CC(C)n1ncnc1CNc1cccc2c1CN(C)C2=O. The zero-order chi connectivity index (χ0) is 15.0. The Hall–Kier alpha value is -2.37. The molecule has 0 aliphatic carbocycles. The summed E-state index contributed by atoms with van der Waals surface area (Å²) in [4.78, 5) is 18.0. The summed E-state index contributed by atoms with van der Waals surface area (Å²) in [5, 5.41) is 7.61. The van der Waals surface area contributed by atoms with Crippen molar-refractivity contribution in [3.8, 4) is 0 Å². The average Bonchev–Trinajstić information content (AvgIpc) is 3.03. The first-order chi connectivity index (χ1) is 10.1. The average molecular weight is 285 g/mol.